The number of nitrogens with zero attached hydrogens (tertiary/aromatic N) is 1. The topological polar surface area (TPSA) is 57.6 Å². The molecule has 11 heteroatoms. The molecule has 0 aliphatic carbocycles. The van der Waals surface area contributed by atoms with Crippen LogP contribution in [0.3, 0.4) is 0 Å². The van der Waals surface area contributed by atoms with Gasteiger partial charge in [0, 0.05) is 6.54 Å². The molecule has 0 saturated heterocycles. The van der Waals surface area contributed by atoms with Crippen LogP contribution >= 0.6 is 0 Å². The summed E-state index contributed by atoms with van der Waals surface area (Å²) in [5, 5.41) is 0. The Hall–Kier alpha value is -0.550. The van der Waals surface area contributed by atoms with E-state index in [4.69, 9.17) is 4.55 Å². The van der Waals surface area contributed by atoms with E-state index in [2.05, 4.69) is 0 Å². The number of hydrogen-bond acceptors (Lipinski definition) is 3. The normalized spacial score (nSPS) is 13.6. The maximum Gasteiger partial charge on any atom is 0.467 e. The minimum absolute atomic E-state index is 0.172. The standard InChI is InChI=1S/C14H25F6NO3S/c15-13(16,17)21(14(18,19)20)11-9-7-5-3-1-2-4-6-8-10-12-25(22,23)24/h1-12H2,(H,22,23,24). The van der Waals surface area contributed by atoms with Crippen molar-refractivity contribution in [1.82, 2.24) is 4.90 Å². The van der Waals surface area contributed by atoms with E-state index in [0.717, 1.165) is 32.1 Å². The highest BCUT2D eigenvalue weighted by molar-refractivity contribution is 7.85. The molecule has 0 heterocycles. The monoisotopic (exact) mass is 401 g/mol. The van der Waals surface area contributed by atoms with Gasteiger partial charge in [-0.25, -0.2) is 0 Å². The summed E-state index contributed by atoms with van der Waals surface area (Å²) in [4.78, 5) is -1.40. The van der Waals surface area contributed by atoms with E-state index in [0.29, 0.717) is 25.7 Å². The lowest BCUT2D eigenvalue weighted by molar-refractivity contribution is -0.372. The molecule has 0 unspecified atom stereocenters. The third kappa shape index (κ3) is 14.3. The molecule has 0 saturated carbocycles. The first kappa shape index (κ1) is 24.5. The predicted octanol–water partition coefficient (Wildman–Crippen LogP) is 5.12. The van der Waals surface area contributed by atoms with E-state index in [1.54, 1.807) is 0 Å². The van der Waals surface area contributed by atoms with Crippen LogP contribution in [-0.2, 0) is 10.1 Å². The molecule has 0 fully saturated rings. The smallest absolute Gasteiger partial charge is 0.286 e. The number of rotatable bonds is 13. The molecule has 0 amide bonds. The van der Waals surface area contributed by atoms with E-state index in [-0.39, 0.29) is 12.2 Å². The minimum Gasteiger partial charge on any atom is -0.286 e. The van der Waals surface area contributed by atoms with Crippen molar-refractivity contribution < 1.29 is 39.3 Å². The summed E-state index contributed by atoms with van der Waals surface area (Å²) in [6.45, 7) is -1.08. The van der Waals surface area contributed by atoms with Gasteiger partial charge in [0.25, 0.3) is 10.1 Å². The Morgan fingerprint density at radius 3 is 1.28 bits per heavy atom. The zero-order valence-electron chi connectivity index (χ0n) is 13.9. The summed E-state index contributed by atoms with van der Waals surface area (Å²) in [5.74, 6) is -0.250. The molecule has 0 aromatic heterocycles. The first-order valence-corrected chi connectivity index (χ1v) is 9.81. The van der Waals surface area contributed by atoms with Crippen LogP contribution in [0, 0.1) is 0 Å². The molecular weight excluding hydrogens is 376 g/mol. The van der Waals surface area contributed by atoms with Gasteiger partial charge < -0.3 is 0 Å². The molecule has 4 nitrogen and oxygen atoms in total. The second-order valence-electron chi connectivity index (χ2n) is 5.91. The van der Waals surface area contributed by atoms with Crippen LogP contribution in [0.25, 0.3) is 0 Å². The number of halogens is 6. The van der Waals surface area contributed by atoms with Gasteiger partial charge in [0.15, 0.2) is 0 Å². The molecule has 0 rings (SSSR count). The van der Waals surface area contributed by atoms with E-state index in [1.807, 2.05) is 0 Å². The van der Waals surface area contributed by atoms with E-state index in [1.165, 1.54) is 0 Å². The molecule has 152 valence electrons. The fraction of sp³-hybridized carbons (Fsp3) is 1.00. The Bertz CT molecular complexity index is 436. The molecule has 0 spiro atoms. The number of hydrogen-bond donors (Lipinski definition) is 1. The molecule has 1 N–H and O–H groups in total. The van der Waals surface area contributed by atoms with Crippen LogP contribution in [0.4, 0.5) is 26.3 Å². The Labute approximate surface area is 144 Å². The second kappa shape index (κ2) is 11.2. The SMILES string of the molecule is O=S(=O)(O)CCCCCCCCCCCCN(C(F)(F)F)C(F)(F)F. The van der Waals surface area contributed by atoms with Gasteiger partial charge in [0.1, 0.15) is 0 Å². The Morgan fingerprint density at radius 2 is 0.960 bits per heavy atom. The lowest BCUT2D eigenvalue weighted by atomic mass is 10.1. The van der Waals surface area contributed by atoms with E-state index in [9.17, 15) is 34.8 Å². The first-order valence-electron chi connectivity index (χ1n) is 8.20. The average molecular weight is 401 g/mol. The van der Waals surface area contributed by atoms with Gasteiger partial charge in [0.05, 0.1) is 5.75 Å². The maximum absolute atomic E-state index is 12.2. The fourth-order valence-corrected chi connectivity index (χ4v) is 2.93. The highest BCUT2D eigenvalue weighted by atomic mass is 32.2. The Balaban J connectivity index is 3.58. The third-order valence-corrected chi connectivity index (χ3v) is 4.45. The predicted molar refractivity (Wildman–Crippen MR) is 81.4 cm³/mol. The minimum atomic E-state index is -5.41. The summed E-state index contributed by atoms with van der Waals surface area (Å²) in [5.41, 5.74) is 0. The van der Waals surface area contributed by atoms with Gasteiger partial charge in [-0.15, -0.1) is 4.90 Å². The highest BCUT2D eigenvalue weighted by Crippen LogP contribution is 2.33. The lowest BCUT2D eigenvalue weighted by Crippen LogP contribution is -2.48. The van der Waals surface area contributed by atoms with E-state index >= 15 is 0 Å². The maximum atomic E-state index is 12.2. The van der Waals surface area contributed by atoms with Crippen LogP contribution in [0.15, 0.2) is 0 Å². The van der Waals surface area contributed by atoms with Gasteiger partial charge in [-0.1, -0.05) is 51.4 Å². The van der Waals surface area contributed by atoms with Crippen molar-refractivity contribution in [2.45, 2.75) is 76.8 Å². The summed E-state index contributed by atoms with van der Waals surface area (Å²) < 4.78 is 103. The van der Waals surface area contributed by atoms with E-state index < -0.39 is 34.2 Å². The van der Waals surface area contributed by atoms with Gasteiger partial charge >= 0.3 is 12.6 Å². The number of alkyl halides is 6. The Morgan fingerprint density at radius 1 is 0.640 bits per heavy atom. The molecule has 0 aromatic rings. The van der Waals surface area contributed by atoms with Crippen LogP contribution < -0.4 is 0 Å². The van der Waals surface area contributed by atoms with Crippen molar-refractivity contribution in [1.29, 1.82) is 0 Å². The molecule has 0 bridgehead atoms. The molecule has 0 atom stereocenters. The zero-order chi connectivity index (χ0) is 19.6. The van der Waals surface area contributed by atoms with Crippen molar-refractivity contribution in [2.75, 3.05) is 12.3 Å². The third-order valence-electron chi connectivity index (χ3n) is 3.65. The van der Waals surface area contributed by atoms with Crippen LogP contribution in [0.5, 0.6) is 0 Å². The summed E-state index contributed by atoms with van der Waals surface area (Å²) in [6, 6.07) is 0. The number of unbranched alkanes of at least 4 members (excludes halogenated alkanes) is 9. The largest absolute Gasteiger partial charge is 0.467 e. The molecule has 0 radical (unpaired) electrons. The lowest BCUT2D eigenvalue weighted by Gasteiger charge is -2.26. The zero-order valence-corrected chi connectivity index (χ0v) is 14.7. The molecule has 0 aromatic carbocycles. The Kier molecular flexibility index (Phi) is 11.0. The molecule has 25 heavy (non-hydrogen) atoms. The van der Waals surface area contributed by atoms with Crippen molar-refractivity contribution in [3.05, 3.63) is 0 Å². The van der Waals surface area contributed by atoms with Crippen molar-refractivity contribution >= 4 is 10.1 Å². The second-order valence-corrected chi connectivity index (χ2v) is 7.48. The highest BCUT2D eigenvalue weighted by Gasteiger charge is 2.53. The fourth-order valence-electron chi connectivity index (χ4n) is 2.37. The summed E-state index contributed by atoms with van der Waals surface area (Å²) in [6.07, 6.45) is -4.88. The molecule has 0 aliphatic heterocycles. The van der Waals surface area contributed by atoms with Crippen LogP contribution in [0.2, 0.25) is 0 Å². The van der Waals surface area contributed by atoms with Crippen molar-refractivity contribution in [2.24, 2.45) is 0 Å². The van der Waals surface area contributed by atoms with Crippen LogP contribution in [0.1, 0.15) is 64.2 Å². The van der Waals surface area contributed by atoms with Crippen molar-refractivity contribution in [3.8, 4) is 0 Å². The van der Waals surface area contributed by atoms with Crippen molar-refractivity contribution in [3.63, 3.8) is 0 Å². The van der Waals surface area contributed by atoms with Gasteiger partial charge in [0.2, 0.25) is 0 Å². The molecular formula is C14H25F6NO3S. The summed E-state index contributed by atoms with van der Waals surface area (Å²) in [7, 11) is -3.90. The van der Waals surface area contributed by atoms with Gasteiger partial charge in [-0.3, -0.25) is 4.55 Å². The first-order chi connectivity index (χ1) is 11.3. The average Bonchev–Trinajstić information content (AvgIpc) is 2.39. The summed E-state index contributed by atoms with van der Waals surface area (Å²) >= 11 is 0. The van der Waals surface area contributed by atoms with Crippen LogP contribution in [-0.4, -0.2) is 42.8 Å². The molecule has 0 aliphatic rings. The van der Waals surface area contributed by atoms with Gasteiger partial charge in [-0.2, -0.15) is 34.8 Å². The van der Waals surface area contributed by atoms with Gasteiger partial charge in [-0.05, 0) is 12.8 Å². The quantitative estimate of drug-likeness (QED) is 0.202.